The molecule has 2 heterocycles. The molecule has 0 bridgehead atoms. The number of amides is 1. The Kier molecular flexibility index (Phi) is 6.91. The fourth-order valence-corrected chi connectivity index (χ4v) is 6.95. The van der Waals surface area contributed by atoms with Crippen LogP contribution in [0.5, 0.6) is 0 Å². The van der Waals surface area contributed by atoms with Crippen LogP contribution in [0.4, 0.5) is 0 Å². The molecule has 1 aromatic heterocycles. The highest BCUT2D eigenvalue weighted by Gasteiger charge is 2.33. The van der Waals surface area contributed by atoms with Gasteiger partial charge in [0.1, 0.15) is 0 Å². The molecule has 1 amide bonds. The van der Waals surface area contributed by atoms with Crippen LogP contribution in [0.1, 0.15) is 24.0 Å². The molecule has 6 nitrogen and oxygen atoms in total. The third-order valence-electron chi connectivity index (χ3n) is 5.82. The van der Waals surface area contributed by atoms with Gasteiger partial charge in [-0.25, -0.2) is 8.42 Å². The number of halogens is 1. The number of sulfonamides is 1. The van der Waals surface area contributed by atoms with E-state index in [4.69, 9.17) is 11.6 Å². The molecule has 1 atom stereocenters. The van der Waals surface area contributed by atoms with Gasteiger partial charge >= 0.3 is 0 Å². The molecule has 0 aliphatic carbocycles. The van der Waals surface area contributed by atoms with Crippen LogP contribution in [0.3, 0.4) is 0 Å². The van der Waals surface area contributed by atoms with Gasteiger partial charge < -0.3 is 4.57 Å². The summed E-state index contributed by atoms with van der Waals surface area (Å²) in [6, 6.07) is 10.3. The third kappa shape index (κ3) is 4.84. The van der Waals surface area contributed by atoms with Crippen molar-refractivity contribution in [1.82, 2.24) is 8.87 Å². The summed E-state index contributed by atoms with van der Waals surface area (Å²) >= 11 is 7.38. The van der Waals surface area contributed by atoms with Crippen LogP contribution in [0.25, 0.3) is 10.2 Å². The highest BCUT2D eigenvalue weighted by Crippen LogP contribution is 2.26. The molecule has 0 N–H and O–H groups in total. The molecule has 1 aliphatic heterocycles. The molecule has 0 radical (unpaired) electrons. The number of hydrogen-bond donors (Lipinski definition) is 0. The summed E-state index contributed by atoms with van der Waals surface area (Å²) in [5, 5.41) is 0.473. The second-order valence-corrected chi connectivity index (χ2v) is 11.7. The van der Waals surface area contributed by atoms with Crippen LogP contribution < -0.4 is 4.80 Å². The highest BCUT2D eigenvalue weighted by molar-refractivity contribution is 7.89. The SMILES string of the molecule is C=CCn1c(=NC(=O)C2CCCN(S(=O)(=O)c3ccc(Cl)cc3)C2)sc2c(C)cc(C)cc21. The zero-order valence-corrected chi connectivity index (χ0v) is 21.0. The van der Waals surface area contributed by atoms with E-state index in [-0.39, 0.29) is 17.3 Å². The molecule has 174 valence electrons. The van der Waals surface area contributed by atoms with Gasteiger partial charge in [-0.2, -0.15) is 9.30 Å². The van der Waals surface area contributed by atoms with Crippen LogP contribution in [0, 0.1) is 19.8 Å². The van der Waals surface area contributed by atoms with Gasteiger partial charge in [-0.1, -0.05) is 35.1 Å². The van der Waals surface area contributed by atoms with E-state index in [0.717, 1.165) is 21.3 Å². The number of aryl methyl sites for hydroxylation is 2. The van der Waals surface area contributed by atoms with Crippen molar-refractivity contribution in [1.29, 1.82) is 0 Å². The lowest BCUT2D eigenvalue weighted by Gasteiger charge is -2.30. The maximum Gasteiger partial charge on any atom is 0.252 e. The average Bonchev–Trinajstić information content (AvgIpc) is 3.12. The molecule has 1 saturated heterocycles. The van der Waals surface area contributed by atoms with Crippen molar-refractivity contribution in [2.45, 2.75) is 38.1 Å². The Balaban J connectivity index is 1.65. The van der Waals surface area contributed by atoms with E-state index in [1.54, 1.807) is 18.2 Å². The number of carbonyl (C=O) groups excluding carboxylic acids is 1. The van der Waals surface area contributed by atoms with Gasteiger partial charge in [-0.05, 0) is 68.1 Å². The van der Waals surface area contributed by atoms with Gasteiger partial charge in [0, 0.05) is 24.7 Å². The van der Waals surface area contributed by atoms with Gasteiger partial charge in [0.15, 0.2) is 4.80 Å². The molecule has 1 unspecified atom stereocenters. The van der Waals surface area contributed by atoms with Gasteiger partial charge in [0.25, 0.3) is 5.91 Å². The lowest BCUT2D eigenvalue weighted by Crippen LogP contribution is -2.42. The number of nitrogens with zero attached hydrogens (tertiary/aromatic N) is 3. The maximum atomic E-state index is 13.2. The summed E-state index contributed by atoms with van der Waals surface area (Å²) in [7, 11) is -3.70. The first-order chi connectivity index (χ1) is 15.7. The largest absolute Gasteiger partial charge is 0.312 e. The van der Waals surface area contributed by atoms with Crippen LogP contribution in [-0.2, 0) is 21.4 Å². The number of fused-ring (bicyclic) bond motifs is 1. The maximum absolute atomic E-state index is 13.2. The molecule has 9 heteroatoms. The number of carbonyl (C=O) groups is 1. The smallest absolute Gasteiger partial charge is 0.252 e. The Morgan fingerprint density at radius 2 is 2.00 bits per heavy atom. The first-order valence-corrected chi connectivity index (χ1v) is 13.4. The Morgan fingerprint density at radius 1 is 1.27 bits per heavy atom. The van der Waals surface area contributed by atoms with E-state index in [9.17, 15) is 13.2 Å². The van der Waals surface area contributed by atoms with E-state index < -0.39 is 15.9 Å². The fourth-order valence-electron chi connectivity index (χ4n) is 4.21. The van der Waals surface area contributed by atoms with Crippen molar-refractivity contribution >= 4 is 49.1 Å². The molecule has 1 aliphatic rings. The minimum atomic E-state index is -3.70. The summed E-state index contributed by atoms with van der Waals surface area (Å²) in [6.45, 7) is 8.98. The molecule has 0 spiro atoms. The van der Waals surface area contributed by atoms with Crippen LogP contribution in [0.15, 0.2) is 58.9 Å². The summed E-state index contributed by atoms with van der Waals surface area (Å²) in [5.41, 5.74) is 3.31. The van der Waals surface area contributed by atoms with Crippen molar-refractivity contribution in [3.05, 3.63) is 70.0 Å². The number of allylic oxidation sites excluding steroid dienone is 1. The van der Waals surface area contributed by atoms with Crippen LogP contribution in [-0.4, -0.2) is 36.3 Å². The summed E-state index contributed by atoms with van der Waals surface area (Å²) in [6.07, 6.45) is 3.00. The number of piperidine rings is 1. The third-order valence-corrected chi connectivity index (χ3v) is 9.18. The quantitative estimate of drug-likeness (QED) is 0.474. The van der Waals surface area contributed by atoms with Crippen molar-refractivity contribution in [2.75, 3.05) is 13.1 Å². The first-order valence-electron chi connectivity index (χ1n) is 10.8. The van der Waals surface area contributed by atoms with E-state index in [1.807, 2.05) is 11.5 Å². The number of thiazole rings is 1. The first kappa shape index (κ1) is 23.9. The Bertz CT molecular complexity index is 1390. The van der Waals surface area contributed by atoms with E-state index in [2.05, 4.69) is 30.6 Å². The van der Waals surface area contributed by atoms with Crippen molar-refractivity contribution in [3.63, 3.8) is 0 Å². The lowest BCUT2D eigenvalue weighted by atomic mass is 9.99. The second kappa shape index (κ2) is 9.54. The van der Waals surface area contributed by atoms with Gasteiger partial charge in [-0.3, -0.25) is 4.79 Å². The zero-order valence-electron chi connectivity index (χ0n) is 18.6. The van der Waals surface area contributed by atoms with Crippen LogP contribution in [0.2, 0.25) is 5.02 Å². The van der Waals surface area contributed by atoms with Crippen molar-refractivity contribution in [3.8, 4) is 0 Å². The number of hydrogen-bond acceptors (Lipinski definition) is 4. The Hall–Kier alpha value is -2.26. The topological polar surface area (TPSA) is 71.7 Å². The van der Waals surface area contributed by atoms with Gasteiger partial charge in [0.05, 0.1) is 21.0 Å². The van der Waals surface area contributed by atoms with Crippen molar-refractivity contribution < 1.29 is 13.2 Å². The molecule has 0 saturated carbocycles. The number of benzene rings is 2. The standard InChI is InChI=1S/C24H26ClN3O3S2/c1-4-11-28-21-14-16(2)13-17(3)22(21)32-24(28)26-23(29)18-6-5-12-27(15-18)33(30,31)20-9-7-19(25)8-10-20/h4,7-10,13-14,18H,1,5-6,11-12,15H2,2-3H3. The van der Waals surface area contributed by atoms with E-state index in [1.165, 1.54) is 27.8 Å². The number of rotatable bonds is 5. The van der Waals surface area contributed by atoms with Gasteiger partial charge in [0.2, 0.25) is 10.0 Å². The monoisotopic (exact) mass is 503 g/mol. The molecular weight excluding hydrogens is 478 g/mol. The molecule has 33 heavy (non-hydrogen) atoms. The normalized spacial score (nSPS) is 18.0. The predicted molar refractivity (Wildman–Crippen MR) is 133 cm³/mol. The van der Waals surface area contributed by atoms with E-state index in [0.29, 0.717) is 35.8 Å². The zero-order chi connectivity index (χ0) is 23.8. The van der Waals surface area contributed by atoms with E-state index >= 15 is 0 Å². The Labute approximate surface area is 202 Å². The lowest BCUT2D eigenvalue weighted by molar-refractivity contribution is -0.122. The predicted octanol–water partition coefficient (Wildman–Crippen LogP) is 4.69. The summed E-state index contributed by atoms with van der Waals surface area (Å²) in [4.78, 5) is 18.4. The average molecular weight is 504 g/mol. The molecule has 3 aromatic rings. The Morgan fingerprint density at radius 3 is 2.70 bits per heavy atom. The number of aromatic nitrogens is 1. The fraction of sp³-hybridized carbons (Fsp3) is 0.333. The van der Waals surface area contributed by atoms with Gasteiger partial charge in [-0.15, -0.1) is 6.58 Å². The molecule has 4 rings (SSSR count). The summed E-state index contributed by atoms with van der Waals surface area (Å²) in [5.74, 6) is -0.768. The minimum Gasteiger partial charge on any atom is -0.312 e. The molecule has 2 aromatic carbocycles. The minimum absolute atomic E-state index is 0.123. The summed E-state index contributed by atoms with van der Waals surface area (Å²) < 4.78 is 30.6. The second-order valence-electron chi connectivity index (χ2n) is 8.32. The molecular formula is C24H26ClN3O3S2. The van der Waals surface area contributed by atoms with Crippen LogP contribution >= 0.6 is 22.9 Å². The molecule has 1 fully saturated rings. The van der Waals surface area contributed by atoms with Crippen molar-refractivity contribution in [2.24, 2.45) is 10.9 Å². The highest BCUT2D eigenvalue weighted by atomic mass is 35.5.